The van der Waals surface area contributed by atoms with E-state index in [1.54, 1.807) is 18.2 Å². The molecule has 0 unspecified atom stereocenters. The molecule has 2 aromatic rings. The number of benzene rings is 2. The van der Waals surface area contributed by atoms with Crippen LogP contribution in [0.15, 0.2) is 52.3 Å². The van der Waals surface area contributed by atoms with Crippen molar-refractivity contribution in [3.8, 4) is 0 Å². The molecule has 0 aliphatic carbocycles. The van der Waals surface area contributed by atoms with E-state index in [1.807, 2.05) is 12.1 Å². The molecule has 118 valence electrons. The van der Waals surface area contributed by atoms with Crippen LogP contribution in [0.25, 0.3) is 0 Å². The molecule has 0 aliphatic heterocycles. The highest BCUT2D eigenvalue weighted by Gasteiger charge is 2.17. The van der Waals surface area contributed by atoms with Crippen molar-refractivity contribution in [3.05, 3.63) is 57.5 Å². The fraction of sp³-hybridized carbons (Fsp3) is 0.143. The van der Waals surface area contributed by atoms with Gasteiger partial charge in [0.25, 0.3) is 0 Å². The summed E-state index contributed by atoms with van der Waals surface area (Å²) in [6, 6.07) is 11.7. The first-order chi connectivity index (χ1) is 10.4. The van der Waals surface area contributed by atoms with Gasteiger partial charge in [0.2, 0.25) is 10.0 Å². The van der Waals surface area contributed by atoms with Gasteiger partial charge < -0.3 is 0 Å². The zero-order valence-electron chi connectivity index (χ0n) is 11.2. The summed E-state index contributed by atoms with van der Waals surface area (Å²) in [4.78, 5) is 1.00. The number of halogens is 3. The molecular formula is C14H12Cl3NO2S2. The zero-order chi connectivity index (χ0) is 16.2. The van der Waals surface area contributed by atoms with Crippen LogP contribution in [0.5, 0.6) is 0 Å². The van der Waals surface area contributed by atoms with Gasteiger partial charge in [0, 0.05) is 27.2 Å². The lowest BCUT2D eigenvalue weighted by Crippen LogP contribution is -2.26. The van der Waals surface area contributed by atoms with E-state index in [-0.39, 0.29) is 16.5 Å². The van der Waals surface area contributed by atoms with Crippen LogP contribution in [0.4, 0.5) is 0 Å². The third-order valence-corrected chi connectivity index (χ3v) is 6.10. The number of rotatable bonds is 6. The Balaban J connectivity index is 1.93. The summed E-state index contributed by atoms with van der Waals surface area (Å²) in [6.45, 7) is 0.276. The molecular weight excluding hydrogens is 385 g/mol. The first-order valence-electron chi connectivity index (χ1n) is 6.21. The van der Waals surface area contributed by atoms with Crippen molar-refractivity contribution in [3.63, 3.8) is 0 Å². The number of nitrogens with one attached hydrogen (secondary N) is 1. The first kappa shape index (κ1) is 17.9. The lowest BCUT2D eigenvalue weighted by molar-refractivity contribution is 0.584. The monoisotopic (exact) mass is 395 g/mol. The molecule has 0 aliphatic rings. The van der Waals surface area contributed by atoms with Crippen molar-refractivity contribution in [2.45, 2.75) is 9.79 Å². The lowest BCUT2D eigenvalue weighted by atomic mass is 10.4. The van der Waals surface area contributed by atoms with Gasteiger partial charge in [-0.1, -0.05) is 34.8 Å². The van der Waals surface area contributed by atoms with E-state index >= 15 is 0 Å². The molecule has 1 N–H and O–H groups in total. The van der Waals surface area contributed by atoms with Crippen LogP contribution in [0, 0.1) is 0 Å². The van der Waals surface area contributed by atoms with E-state index in [1.165, 1.54) is 23.9 Å². The molecule has 2 rings (SSSR count). The molecule has 2 aromatic carbocycles. The molecule has 0 atom stereocenters. The van der Waals surface area contributed by atoms with Gasteiger partial charge in [-0.25, -0.2) is 13.1 Å². The lowest BCUT2D eigenvalue weighted by Gasteiger charge is -2.08. The average Bonchev–Trinajstić information content (AvgIpc) is 2.48. The molecule has 8 heteroatoms. The predicted octanol–water partition coefficient (Wildman–Crippen LogP) is 4.72. The predicted molar refractivity (Wildman–Crippen MR) is 93.8 cm³/mol. The van der Waals surface area contributed by atoms with Crippen molar-refractivity contribution in [2.75, 3.05) is 12.3 Å². The minimum absolute atomic E-state index is 0.0156. The van der Waals surface area contributed by atoms with E-state index < -0.39 is 10.0 Å². The Hall–Kier alpha value is -0.430. The van der Waals surface area contributed by atoms with Crippen molar-refractivity contribution in [1.29, 1.82) is 0 Å². The highest BCUT2D eigenvalue weighted by molar-refractivity contribution is 7.99. The molecule has 0 radical (unpaired) electrons. The topological polar surface area (TPSA) is 46.2 Å². The minimum Gasteiger partial charge on any atom is -0.210 e. The van der Waals surface area contributed by atoms with E-state index in [0.29, 0.717) is 15.8 Å². The van der Waals surface area contributed by atoms with Gasteiger partial charge in [-0.15, -0.1) is 11.8 Å². The standard InChI is InChI=1S/C14H12Cl3NO2S2/c15-10-1-4-12(5-2-10)21-8-7-18-22(19,20)14-9-11(16)3-6-13(14)17/h1-6,9,18H,7-8H2. The Morgan fingerprint density at radius 2 is 1.59 bits per heavy atom. The SMILES string of the molecule is O=S(=O)(NCCSc1ccc(Cl)cc1)c1cc(Cl)ccc1Cl. The Bertz CT molecular complexity index is 749. The Kier molecular flexibility index (Phi) is 6.44. The van der Waals surface area contributed by atoms with Crippen LogP contribution in [0.2, 0.25) is 15.1 Å². The van der Waals surface area contributed by atoms with Crippen molar-refractivity contribution < 1.29 is 8.42 Å². The molecule has 0 saturated carbocycles. The summed E-state index contributed by atoms with van der Waals surface area (Å²) in [7, 11) is -3.68. The van der Waals surface area contributed by atoms with Crippen LogP contribution in [-0.4, -0.2) is 20.7 Å². The molecule has 0 saturated heterocycles. The number of sulfonamides is 1. The van der Waals surface area contributed by atoms with E-state index in [2.05, 4.69) is 4.72 Å². The Labute approximate surface area is 149 Å². The van der Waals surface area contributed by atoms with Crippen LogP contribution in [0.3, 0.4) is 0 Å². The third-order valence-electron chi connectivity index (χ3n) is 2.66. The van der Waals surface area contributed by atoms with Crippen LogP contribution < -0.4 is 4.72 Å². The number of hydrogen-bond acceptors (Lipinski definition) is 3. The normalized spacial score (nSPS) is 11.6. The summed E-state index contributed by atoms with van der Waals surface area (Å²) in [6.07, 6.45) is 0. The maximum absolute atomic E-state index is 12.2. The van der Waals surface area contributed by atoms with Gasteiger partial charge >= 0.3 is 0 Å². The number of thioether (sulfide) groups is 1. The molecule has 22 heavy (non-hydrogen) atoms. The zero-order valence-corrected chi connectivity index (χ0v) is 15.1. The molecule has 0 aromatic heterocycles. The molecule has 0 amide bonds. The summed E-state index contributed by atoms with van der Waals surface area (Å²) < 4.78 is 26.9. The molecule has 0 fully saturated rings. The second-order valence-corrected chi connectivity index (χ2v) is 8.46. The fourth-order valence-electron chi connectivity index (χ4n) is 1.64. The average molecular weight is 397 g/mol. The third kappa shape index (κ3) is 5.05. The van der Waals surface area contributed by atoms with Crippen LogP contribution in [0.1, 0.15) is 0 Å². The largest absolute Gasteiger partial charge is 0.242 e. The van der Waals surface area contributed by atoms with Crippen molar-refractivity contribution >= 4 is 56.6 Å². The number of hydrogen-bond donors (Lipinski definition) is 1. The highest BCUT2D eigenvalue weighted by atomic mass is 35.5. The maximum atomic E-state index is 12.2. The highest BCUT2D eigenvalue weighted by Crippen LogP contribution is 2.25. The van der Waals surface area contributed by atoms with Crippen LogP contribution in [-0.2, 0) is 10.0 Å². The minimum atomic E-state index is -3.68. The van der Waals surface area contributed by atoms with Crippen LogP contribution >= 0.6 is 46.6 Å². The maximum Gasteiger partial charge on any atom is 0.242 e. The van der Waals surface area contributed by atoms with Crippen molar-refractivity contribution in [1.82, 2.24) is 4.72 Å². The molecule has 3 nitrogen and oxygen atoms in total. The second kappa shape index (κ2) is 7.90. The summed E-state index contributed by atoms with van der Waals surface area (Å²) in [5.74, 6) is 0.582. The molecule has 0 spiro atoms. The first-order valence-corrected chi connectivity index (χ1v) is 9.82. The molecule has 0 bridgehead atoms. The summed E-state index contributed by atoms with van der Waals surface area (Å²) in [5, 5.41) is 1.13. The van der Waals surface area contributed by atoms with Gasteiger partial charge in [0.05, 0.1) is 5.02 Å². The van der Waals surface area contributed by atoms with Gasteiger partial charge in [0.15, 0.2) is 0 Å². The second-order valence-electron chi connectivity index (χ2n) is 4.27. The Morgan fingerprint density at radius 3 is 2.27 bits per heavy atom. The smallest absolute Gasteiger partial charge is 0.210 e. The van der Waals surface area contributed by atoms with Gasteiger partial charge in [0.1, 0.15) is 4.90 Å². The van der Waals surface area contributed by atoms with E-state index in [9.17, 15) is 8.42 Å². The fourth-order valence-corrected chi connectivity index (χ4v) is 4.45. The van der Waals surface area contributed by atoms with Gasteiger partial charge in [-0.05, 0) is 42.5 Å². The van der Waals surface area contributed by atoms with E-state index in [4.69, 9.17) is 34.8 Å². The summed E-state index contributed by atoms with van der Waals surface area (Å²) >= 11 is 19.1. The van der Waals surface area contributed by atoms with Gasteiger partial charge in [-0.3, -0.25) is 0 Å². The van der Waals surface area contributed by atoms with E-state index in [0.717, 1.165) is 4.90 Å². The summed E-state index contributed by atoms with van der Waals surface area (Å²) in [5.41, 5.74) is 0. The van der Waals surface area contributed by atoms with Crippen molar-refractivity contribution in [2.24, 2.45) is 0 Å². The van der Waals surface area contributed by atoms with Gasteiger partial charge in [-0.2, -0.15) is 0 Å². The quantitative estimate of drug-likeness (QED) is 0.568. The Morgan fingerprint density at radius 1 is 0.955 bits per heavy atom. The molecule has 0 heterocycles.